The van der Waals surface area contributed by atoms with E-state index in [0.717, 1.165) is 26.2 Å². The van der Waals surface area contributed by atoms with Gasteiger partial charge in [0.2, 0.25) is 0 Å². The highest BCUT2D eigenvalue weighted by molar-refractivity contribution is 5.75. The first-order valence-electron chi connectivity index (χ1n) is 3.31. The van der Waals surface area contributed by atoms with Crippen LogP contribution in [0, 0.1) is 0 Å². The normalized spacial score (nSPS) is 23.4. The molecule has 0 bridgehead atoms. The van der Waals surface area contributed by atoms with E-state index in [1.807, 2.05) is 12.1 Å². The second-order valence-corrected chi connectivity index (χ2v) is 2.49. The van der Waals surface area contributed by atoms with Gasteiger partial charge >= 0.3 is 0 Å². The molecule has 0 aromatic heterocycles. The first kappa shape index (κ1) is 9.94. The van der Waals surface area contributed by atoms with Gasteiger partial charge in [-0.05, 0) is 7.05 Å². The molecule has 0 aromatic rings. The summed E-state index contributed by atoms with van der Waals surface area (Å²) in [6, 6.07) is 0. The van der Waals surface area contributed by atoms with E-state index in [9.17, 15) is 0 Å². The Morgan fingerprint density at radius 1 is 1.10 bits per heavy atom. The molecule has 3 radical (unpaired) electrons. The Morgan fingerprint density at radius 3 is 2.50 bits per heavy atom. The van der Waals surface area contributed by atoms with Gasteiger partial charge in [0.15, 0.2) is 0 Å². The molecule has 57 valence electrons. The lowest BCUT2D eigenvalue weighted by Gasteiger charge is -2.11. The van der Waals surface area contributed by atoms with E-state index >= 15 is 0 Å². The Bertz CT molecular complexity index is 81.8. The molecule has 0 N–H and O–H groups in total. The van der Waals surface area contributed by atoms with Crippen molar-refractivity contribution in [2.45, 2.75) is 0 Å². The first-order valence-corrected chi connectivity index (χ1v) is 3.31. The van der Waals surface area contributed by atoms with Gasteiger partial charge < -0.3 is 4.90 Å². The predicted octanol–water partition coefficient (Wildman–Crippen LogP) is -0.586. The fourth-order valence-electron chi connectivity index (χ4n) is 0.840. The molecule has 1 aliphatic rings. The molecule has 1 saturated heterocycles. The van der Waals surface area contributed by atoms with Gasteiger partial charge in [0.1, 0.15) is 0 Å². The molecule has 1 rings (SSSR count). The number of rotatable bonds is 0. The monoisotopic (exact) mass is 141 g/mol. The van der Waals surface area contributed by atoms with Crippen molar-refractivity contribution in [1.82, 2.24) is 9.96 Å². The molecule has 0 amide bonds. The van der Waals surface area contributed by atoms with Crippen LogP contribution >= 0.6 is 0 Å². The van der Waals surface area contributed by atoms with E-state index < -0.39 is 0 Å². The van der Waals surface area contributed by atoms with Crippen LogP contribution in [-0.2, 0) is 4.84 Å². The summed E-state index contributed by atoms with van der Waals surface area (Å²) in [6.07, 6.45) is 0. The van der Waals surface area contributed by atoms with Gasteiger partial charge in [-0.3, -0.25) is 4.84 Å². The first-order chi connectivity index (χ1) is 4.29. The summed E-state index contributed by atoms with van der Waals surface area (Å²) in [4.78, 5) is 7.53. The minimum atomic E-state index is 0. The van der Waals surface area contributed by atoms with Gasteiger partial charge in [-0.15, -0.1) is 0 Å². The highest BCUT2D eigenvalue weighted by Crippen LogP contribution is 1.93. The van der Waals surface area contributed by atoms with Crippen molar-refractivity contribution in [2.24, 2.45) is 0 Å². The summed E-state index contributed by atoms with van der Waals surface area (Å²) in [6.45, 7) is 3.99. The molecular formula is C6H14BN2O. The zero-order valence-corrected chi connectivity index (χ0v) is 6.71. The SMILES string of the molecule is CN1CCON(C)CC1.[B]. The van der Waals surface area contributed by atoms with Crippen molar-refractivity contribution in [1.29, 1.82) is 0 Å². The number of hydroxylamine groups is 2. The van der Waals surface area contributed by atoms with E-state index in [1.54, 1.807) is 0 Å². The second kappa shape index (κ2) is 4.71. The maximum Gasteiger partial charge on any atom is 0.0811 e. The smallest absolute Gasteiger partial charge is 0.0811 e. The van der Waals surface area contributed by atoms with E-state index in [0.29, 0.717) is 0 Å². The van der Waals surface area contributed by atoms with Crippen molar-refractivity contribution >= 4 is 8.41 Å². The molecule has 3 nitrogen and oxygen atoms in total. The third-order valence-electron chi connectivity index (χ3n) is 1.58. The van der Waals surface area contributed by atoms with Crippen LogP contribution in [0.2, 0.25) is 0 Å². The van der Waals surface area contributed by atoms with Crippen molar-refractivity contribution in [3.05, 3.63) is 0 Å². The number of nitrogens with zero attached hydrogens (tertiary/aromatic N) is 2. The van der Waals surface area contributed by atoms with Gasteiger partial charge in [-0.2, -0.15) is 5.06 Å². The number of hydrogen-bond acceptors (Lipinski definition) is 3. The Hall–Kier alpha value is -0.0551. The van der Waals surface area contributed by atoms with Gasteiger partial charge in [0.05, 0.1) is 6.61 Å². The molecule has 10 heavy (non-hydrogen) atoms. The molecule has 1 fully saturated rings. The lowest BCUT2D eigenvalue weighted by Crippen LogP contribution is -2.24. The van der Waals surface area contributed by atoms with Crippen molar-refractivity contribution < 1.29 is 4.84 Å². The summed E-state index contributed by atoms with van der Waals surface area (Å²) >= 11 is 0. The molecule has 1 heterocycles. The number of likely N-dealkylation sites (N-methyl/N-ethyl adjacent to an activating group) is 2. The van der Waals surface area contributed by atoms with Crippen LogP contribution in [-0.4, -0.2) is 58.7 Å². The van der Waals surface area contributed by atoms with Crippen LogP contribution in [0.25, 0.3) is 0 Å². The third kappa shape index (κ3) is 3.20. The Kier molecular flexibility index (Phi) is 4.69. The highest BCUT2D eigenvalue weighted by atomic mass is 16.7. The average Bonchev–Trinajstić information content (AvgIpc) is 1.97. The maximum atomic E-state index is 5.26. The summed E-state index contributed by atoms with van der Waals surface area (Å²) < 4.78 is 0. The topological polar surface area (TPSA) is 15.7 Å². The van der Waals surface area contributed by atoms with Gasteiger partial charge in [0, 0.05) is 35.1 Å². The summed E-state index contributed by atoms with van der Waals surface area (Å²) in [7, 11) is 4.08. The molecule has 4 heteroatoms. The van der Waals surface area contributed by atoms with Crippen molar-refractivity contribution in [3.63, 3.8) is 0 Å². The van der Waals surface area contributed by atoms with Gasteiger partial charge in [-0.25, -0.2) is 0 Å². The average molecular weight is 141 g/mol. The predicted molar refractivity (Wildman–Crippen MR) is 41.8 cm³/mol. The summed E-state index contributed by atoms with van der Waals surface area (Å²) in [5.41, 5.74) is 0. The Balaban J connectivity index is 0.000000810. The van der Waals surface area contributed by atoms with Crippen LogP contribution in [0.3, 0.4) is 0 Å². The molecular weight excluding hydrogens is 127 g/mol. The lowest BCUT2D eigenvalue weighted by molar-refractivity contribution is -0.126. The fourth-order valence-corrected chi connectivity index (χ4v) is 0.840. The van der Waals surface area contributed by atoms with Crippen molar-refractivity contribution in [2.75, 3.05) is 40.3 Å². The minimum absolute atomic E-state index is 0. The van der Waals surface area contributed by atoms with E-state index in [2.05, 4.69) is 11.9 Å². The van der Waals surface area contributed by atoms with Gasteiger partial charge in [0.25, 0.3) is 0 Å². The molecule has 1 aliphatic heterocycles. The zero-order valence-electron chi connectivity index (χ0n) is 6.71. The molecule has 0 aliphatic carbocycles. The van der Waals surface area contributed by atoms with E-state index in [-0.39, 0.29) is 8.41 Å². The standard InChI is InChI=1S/C6H14N2O.B/c1-7-3-4-8(2)9-6-5-7;/h3-6H2,1-2H3;. The van der Waals surface area contributed by atoms with Crippen LogP contribution < -0.4 is 0 Å². The maximum absolute atomic E-state index is 5.26. The van der Waals surface area contributed by atoms with Crippen LogP contribution in [0.5, 0.6) is 0 Å². The zero-order chi connectivity index (χ0) is 6.69. The molecule has 0 saturated carbocycles. The van der Waals surface area contributed by atoms with E-state index in [4.69, 9.17) is 4.84 Å². The fraction of sp³-hybridized carbons (Fsp3) is 1.00. The van der Waals surface area contributed by atoms with Crippen LogP contribution in [0.15, 0.2) is 0 Å². The second-order valence-electron chi connectivity index (χ2n) is 2.49. The highest BCUT2D eigenvalue weighted by Gasteiger charge is 2.06. The number of hydrogen-bond donors (Lipinski definition) is 0. The van der Waals surface area contributed by atoms with Crippen LogP contribution in [0.4, 0.5) is 0 Å². The van der Waals surface area contributed by atoms with Gasteiger partial charge in [-0.1, -0.05) is 0 Å². The molecule has 0 aromatic carbocycles. The lowest BCUT2D eigenvalue weighted by atomic mass is 10.5. The minimum Gasteiger partial charge on any atom is -0.303 e. The van der Waals surface area contributed by atoms with Crippen LogP contribution in [0.1, 0.15) is 0 Å². The molecule has 0 spiro atoms. The Labute approximate surface area is 64.5 Å². The quantitative estimate of drug-likeness (QED) is 0.419. The largest absolute Gasteiger partial charge is 0.303 e. The summed E-state index contributed by atoms with van der Waals surface area (Å²) in [5.74, 6) is 0. The summed E-state index contributed by atoms with van der Waals surface area (Å²) in [5, 5.41) is 1.89. The Morgan fingerprint density at radius 2 is 1.80 bits per heavy atom. The van der Waals surface area contributed by atoms with Crippen molar-refractivity contribution in [3.8, 4) is 0 Å². The third-order valence-corrected chi connectivity index (χ3v) is 1.58. The molecule has 0 atom stereocenters. The van der Waals surface area contributed by atoms with E-state index in [1.165, 1.54) is 0 Å². The molecule has 0 unspecified atom stereocenters.